The zero-order valence-electron chi connectivity index (χ0n) is 12.6. The van der Waals surface area contributed by atoms with Gasteiger partial charge in [-0.15, -0.1) is 0 Å². The molecule has 0 aliphatic heterocycles. The van der Waals surface area contributed by atoms with Gasteiger partial charge in [0.05, 0.1) is 18.2 Å². The van der Waals surface area contributed by atoms with Crippen LogP contribution in [0.4, 0.5) is 0 Å². The topological polar surface area (TPSA) is 61.2 Å². The number of aromatic nitrogens is 2. The maximum atomic E-state index is 13.1. The van der Waals surface area contributed by atoms with Crippen molar-refractivity contribution in [2.45, 2.75) is 23.7 Å². The minimum atomic E-state index is -3.66. The fraction of sp³-hybridized carbons (Fsp3) is 0.235. The van der Waals surface area contributed by atoms with E-state index < -0.39 is 10.0 Å². The molecule has 0 spiro atoms. The quantitative estimate of drug-likeness (QED) is 0.738. The minimum absolute atomic E-state index is 0.275. The standard InChI is InChI=1S/C17H16N2O3S/c1-22-14-9-13-10-16(12-7-8-12)19(17(13)18-11-14)23(20,21)15-5-3-2-4-6-15/h2-6,9-12H,7-8H2,1H3. The van der Waals surface area contributed by atoms with Crippen LogP contribution in [0.15, 0.2) is 53.6 Å². The average Bonchev–Trinajstić information content (AvgIpc) is 3.35. The highest BCUT2D eigenvalue weighted by Gasteiger charge is 2.33. The Hall–Kier alpha value is -2.34. The van der Waals surface area contributed by atoms with Crippen LogP contribution in [0.3, 0.4) is 0 Å². The summed E-state index contributed by atoms with van der Waals surface area (Å²) in [6, 6.07) is 12.2. The molecule has 0 bridgehead atoms. The zero-order valence-corrected chi connectivity index (χ0v) is 13.5. The third kappa shape index (κ3) is 2.30. The molecule has 0 saturated heterocycles. The molecule has 0 N–H and O–H groups in total. The molecule has 3 aromatic rings. The van der Waals surface area contributed by atoms with Gasteiger partial charge in [-0.25, -0.2) is 17.4 Å². The predicted octanol–water partition coefficient (Wildman–Crippen LogP) is 3.16. The van der Waals surface area contributed by atoms with Gasteiger partial charge in [-0.3, -0.25) is 0 Å². The Morgan fingerprint density at radius 2 is 1.91 bits per heavy atom. The minimum Gasteiger partial charge on any atom is -0.495 e. The molecule has 6 heteroatoms. The molecule has 1 saturated carbocycles. The summed E-state index contributed by atoms with van der Waals surface area (Å²) in [4.78, 5) is 4.61. The van der Waals surface area contributed by atoms with Crippen LogP contribution in [0.25, 0.3) is 11.0 Å². The second-order valence-electron chi connectivity index (χ2n) is 5.71. The number of nitrogens with zero attached hydrogens (tertiary/aromatic N) is 2. The van der Waals surface area contributed by atoms with Gasteiger partial charge in [-0.2, -0.15) is 0 Å². The summed E-state index contributed by atoms with van der Waals surface area (Å²) >= 11 is 0. The van der Waals surface area contributed by atoms with Crippen LogP contribution in [0.2, 0.25) is 0 Å². The molecule has 0 atom stereocenters. The van der Waals surface area contributed by atoms with Crippen molar-refractivity contribution in [2.75, 3.05) is 7.11 Å². The summed E-state index contributed by atoms with van der Waals surface area (Å²) in [5, 5.41) is 0.783. The lowest BCUT2D eigenvalue weighted by atomic mass is 10.2. The molecule has 1 fully saturated rings. The van der Waals surface area contributed by atoms with Crippen LogP contribution in [-0.2, 0) is 10.0 Å². The Morgan fingerprint density at radius 1 is 1.17 bits per heavy atom. The number of benzene rings is 1. The summed E-state index contributed by atoms with van der Waals surface area (Å²) in [6.07, 6.45) is 3.57. The average molecular weight is 328 g/mol. The Kier molecular flexibility index (Phi) is 3.16. The van der Waals surface area contributed by atoms with E-state index in [2.05, 4.69) is 4.98 Å². The van der Waals surface area contributed by atoms with E-state index in [4.69, 9.17) is 4.74 Å². The largest absolute Gasteiger partial charge is 0.495 e. The normalized spacial score (nSPS) is 15.0. The summed E-state index contributed by atoms with van der Waals surface area (Å²) < 4.78 is 32.8. The predicted molar refractivity (Wildman–Crippen MR) is 87.3 cm³/mol. The summed E-state index contributed by atoms with van der Waals surface area (Å²) in [6.45, 7) is 0. The Labute approximate surface area is 134 Å². The molecule has 4 rings (SSSR count). The number of ether oxygens (including phenoxy) is 1. The molecule has 1 aliphatic rings. The Morgan fingerprint density at radius 3 is 2.57 bits per heavy atom. The first-order chi connectivity index (χ1) is 11.1. The summed E-state index contributed by atoms with van der Waals surface area (Å²) in [5.74, 6) is 0.905. The molecule has 0 unspecified atom stereocenters. The van der Waals surface area contributed by atoms with Gasteiger partial charge in [-0.1, -0.05) is 18.2 Å². The number of hydrogen-bond donors (Lipinski definition) is 0. The fourth-order valence-electron chi connectivity index (χ4n) is 2.80. The van der Waals surface area contributed by atoms with Gasteiger partial charge in [-0.05, 0) is 37.1 Å². The molecule has 5 nitrogen and oxygen atoms in total. The molecular formula is C17H16N2O3S. The van der Waals surface area contributed by atoms with E-state index in [1.54, 1.807) is 43.6 Å². The number of pyridine rings is 1. The van der Waals surface area contributed by atoms with Crippen molar-refractivity contribution >= 4 is 21.1 Å². The van der Waals surface area contributed by atoms with Gasteiger partial charge < -0.3 is 4.74 Å². The van der Waals surface area contributed by atoms with Gasteiger partial charge in [0.25, 0.3) is 10.0 Å². The lowest BCUT2D eigenvalue weighted by Crippen LogP contribution is -2.15. The maximum absolute atomic E-state index is 13.1. The van der Waals surface area contributed by atoms with E-state index in [-0.39, 0.29) is 10.8 Å². The highest BCUT2D eigenvalue weighted by molar-refractivity contribution is 7.90. The summed E-state index contributed by atoms with van der Waals surface area (Å²) in [7, 11) is -2.09. The number of methoxy groups -OCH3 is 1. The van der Waals surface area contributed by atoms with E-state index in [1.165, 1.54) is 3.97 Å². The molecule has 118 valence electrons. The number of rotatable bonds is 4. The second-order valence-corrected chi connectivity index (χ2v) is 7.50. The van der Waals surface area contributed by atoms with Crippen molar-refractivity contribution in [3.8, 4) is 5.75 Å². The second kappa shape index (κ2) is 5.09. The van der Waals surface area contributed by atoms with Crippen LogP contribution < -0.4 is 4.74 Å². The number of fused-ring (bicyclic) bond motifs is 1. The highest BCUT2D eigenvalue weighted by atomic mass is 32.2. The molecule has 1 aliphatic carbocycles. The van der Waals surface area contributed by atoms with Crippen molar-refractivity contribution in [2.24, 2.45) is 0 Å². The van der Waals surface area contributed by atoms with Gasteiger partial charge in [0, 0.05) is 17.0 Å². The SMILES string of the molecule is COc1cnc2c(c1)cc(C1CC1)n2S(=O)(=O)c1ccccc1. The monoisotopic (exact) mass is 328 g/mol. The van der Waals surface area contributed by atoms with E-state index in [0.717, 1.165) is 23.9 Å². The first-order valence-corrected chi connectivity index (χ1v) is 8.91. The van der Waals surface area contributed by atoms with Crippen LogP contribution in [0.5, 0.6) is 5.75 Å². The smallest absolute Gasteiger partial charge is 0.269 e. The lowest BCUT2D eigenvalue weighted by molar-refractivity contribution is 0.413. The van der Waals surface area contributed by atoms with E-state index >= 15 is 0 Å². The van der Waals surface area contributed by atoms with Crippen LogP contribution in [0, 0.1) is 0 Å². The van der Waals surface area contributed by atoms with Crippen LogP contribution in [0.1, 0.15) is 24.5 Å². The van der Waals surface area contributed by atoms with Crippen molar-refractivity contribution in [3.63, 3.8) is 0 Å². The zero-order chi connectivity index (χ0) is 16.0. The molecule has 0 radical (unpaired) electrons. The van der Waals surface area contributed by atoms with Crippen molar-refractivity contribution in [1.29, 1.82) is 0 Å². The highest BCUT2D eigenvalue weighted by Crippen LogP contribution is 2.43. The van der Waals surface area contributed by atoms with Gasteiger partial charge in [0.15, 0.2) is 5.65 Å². The lowest BCUT2D eigenvalue weighted by Gasteiger charge is -2.11. The van der Waals surface area contributed by atoms with Crippen molar-refractivity contribution in [3.05, 3.63) is 54.4 Å². The first-order valence-electron chi connectivity index (χ1n) is 7.47. The molecule has 1 aromatic carbocycles. The third-order valence-electron chi connectivity index (χ3n) is 4.11. The van der Waals surface area contributed by atoms with Crippen LogP contribution in [-0.4, -0.2) is 24.5 Å². The van der Waals surface area contributed by atoms with Gasteiger partial charge >= 0.3 is 0 Å². The van der Waals surface area contributed by atoms with E-state index in [9.17, 15) is 8.42 Å². The fourth-order valence-corrected chi connectivity index (χ4v) is 4.37. The van der Waals surface area contributed by atoms with Crippen molar-refractivity contribution in [1.82, 2.24) is 8.96 Å². The maximum Gasteiger partial charge on any atom is 0.269 e. The molecule has 23 heavy (non-hydrogen) atoms. The molecular weight excluding hydrogens is 312 g/mol. The number of hydrogen-bond acceptors (Lipinski definition) is 4. The van der Waals surface area contributed by atoms with Gasteiger partial charge in [0.2, 0.25) is 0 Å². The molecule has 2 heterocycles. The Bertz CT molecular complexity index is 974. The van der Waals surface area contributed by atoms with Crippen LogP contribution >= 0.6 is 0 Å². The first kappa shape index (κ1) is 14.3. The third-order valence-corrected chi connectivity index (χ3v) is 5.85. The van der Waals surface area contributed by atoms with E-state index in [0.29, 0.717) is 11.4 Å². The van der Waals surface area contributed by atoms with Crippen molar-refractivity contribution < 1.29 is 13.2 Å². The Balaban J connectivity index is 2.00. The molecule has 2 aromatic heterocycles. The molecule has 0 amide bonds. The van der Waals surface area contributed by atoms with E-state index in [1.807, 2.05) is 12.1 Å². The summed E-state index contributed by atoms with van der Waals surface area (Å²) in [5.41, 5.74) is 1.26. The van der Waals surface area contributed by atoms with Gasteiger partial charge in [0.1, 0.15) is 5.75 Å².